The molecule has 1 unspecified atom stereocenters. The molecule has 0 bridgehead atoms. The van der Waals surface area contributed by atoms with Crippen LogP contribution >= 0.6 is 0 Å². The van der Waals surface area contributed by atoms with E-state index in [9.17, 15) is 4.79 Å². The largest absolute Gasteiger partial charge is 0.340 e. The summed E-state index contributed by atoms with van der Waals surface area (Å²) in [5.74, 6) is 1.29. The monoisotopic (exact) mass is 240 g/mol. The Kier molecular flexibility index (Phi) is 5.96. The lowest BCUT2D eigenvalue weighted by Crippen LogP contribution is -2.54. The van der Waals surface area contributed by atoms with Gasteiger partial charge in [0.25, 0.3) is 0 Å². The van der Waals surface area contributed by atoms with Gasteiger partial charge in [-0.05, 0) is 25.2 Å². The van der Waals surface area contributed by atoms with Gasteiger partial charge in [0, 0.05) is 31.6 Å². The Balaban J connectivity index is 2.50. The zero-order chi connectivity index (χ0) is 12.8. The maximum absolute atomic E-state index is 12.3. The molecule has 0 spiro atoms. The van der Waals surface area contributed by atoms with Gasteiger partial charge in [-0.25, -0.2) is 0 Å². The number of rotatable bonds is 5. The van der Waals surface area contributed by atoms with Gasteiger partial charge < -0.3 is 10.2 Å². The minimum absolute atomic E-state index is 0.229. The average molecular weight is 240 g/mol. The first kappa shape index (κ1) is 14.5. The first-order chi connectivity index (χ1) is 8.08. The number of carbonyl (C=O) groups excluding carboxylic acids is 1. The maximum Gasteiger partial charge on any atom is 0.225 e. The topological polar surface area (TPSA) is 32.3 Å². The lowest BCUT2D eigenvalue weighted by Gasteiger charge is -2.36. The molecule has 1 atom stereocenters. The Morgan fingerprint density at radius 1 is 1.35 bits per heavy atom. The van der Waals surface area contributed by atoms with Crippen LogP contribution in [0.4, 0.5) is 0 Å². The van der Waals surface area contributed by atoms with Crippen LogP contribution in [0.2, 0.25) is 0 Å². The third-order valence-electron chi connectivity index (χ3n) is 3.66. The van der Waals surface area contributed by atoms with Crippen molar-refractivity contribution in [2.24, 2.45) is 11.8 Å². The van der Waals surface area contributed by atoms with Crippen molar-refractivity contribution in [2.75, 3.05) is 19.6 Å². The van der Waals surface area contributed by atoms with Crippen LogP contribution in [-0.2, 0) is 4.79 Å². The summed E-state index contributed by atoms with van der Waals surface area (Å²) in [7, 11) is 0. The predicted molar refractivity (Wildman–Crippen MR) is 71.9 cm³/mol. The highest BCUT2D eigenvalue weighted by Gasteiger charge is 2.26. The van der Waals surface area contributed by atoms with E-state index in [1.165, 1.54) is 0 Å². The molecule has 0 saturated carbocycles. The van der Waals surface area contributed by atoms with Crippen molar-refractivity contribution in [1.29, 1.82) is 0 Å². The minimum atomic E-state index is 0.229. The maximum atomic E-state index is 12.3. The van der Waals surface area contributed by atoms with Gasteiger partial charge in [0.1, 0.15) is 0 Å². The molecule has 1 heterocycles. The molecule has 17 heavy (non-hydrogen) atoms. The summed E-state index contributed by atoms with van der Waals surface area (Å²) < 4.78 is 0. The molecule has 0 aliphatic carbocycles. The van der Waals surface area contributed by atoms with E-state index in [-0.39, 0.29) is 5.92 Å². The predicted octanol–water partition coefficient (Wildman–Crippen LogP) is 2.27. The highest BCUT2D eigenvalue weighted by Crippen LogP contribution is 2.15. The summed E-state index contributed by atoms with van der Waals surface area (Å²) in [6.07, 6.45) is 3.09. The van der Waals surface area contributed by atoms with Crippen molar-refractivity contribution in [3.8, 4) is 0 Å². The van der Waals surface area contributed by atoms with Gasteiger partial charge in [-0.15, -0.1) is 0 Å². The van der Waals surface area contributed by atoms with E-state index >= 15 is 0 Å². The van der Waals surface area contributed by atoms with Crippen molar-refractivity contribution in [3.05, 3.63) is 0 Å². The number of amides is 1. The summed E-state index contributed by atoms with van der Waals surface area (Å²) in [4.78, 5) is 14.4. The van der Waals surface area contributed by atoms with Crippen molar-refractivity contribution in [3.63, 3.8) is 0 Å². The van der Waals surface area contributed by atoms with Crippen LogP contribution in [0.15, 0.2) is 0 Å². The van der Waals surface area contributed by atoms with Gasteiger partial charge in [0.2, 0.25) is 5.91 Å². The molecule has 1 rings (SSSR count). The number of hydrogen-bond acceptors (Lipinski definition) is 2. The van der Waals surface area contributed by atoms with Gasteiger partial charge in [0.15, 0.2) is 0 Å². The number of piperazine rings is 1. The second-order valence-electron chi connectivity index (χ2n) is 5.58. The fraction of sp³-hybridized carbons (Fsp3) is 0.929. The molecular weight excluding hydrogens is 212 g/mol. The lowest BCUT2D eigenvalue weighted by atomic mass is 9.98. The number of carbonyl (C=O) groups is 1. The van der Waals surface area contributed by atoms with E-state index in [0.717, 1.165) is 38.9 Å². The molecule has 3 heteroatoms. The summed E-state index contributed by atoms with van der Waals surface area (Å²) in [6, 6.07) is 0.488. The molecule has 1 N–H and O–H groups in total. The summed E-state index contributed by atoms with van der Waals surface area (Å²) in [6.45, 7) is 11.4. The molecule has 1 amide bonds. The summed E-state index contributed by atoms with van der Waals surface area (Å²) in [5, 5.41) is 3.52. The molecular formula is C14H28N2O. The van der Waals surface area contributed by atoms with E-state index in [1.54, 1.807) is 0 Å². The third kappa shape index (κ3) is 4.30. The number of nitrogens with one attached hydrogen (secondary N) is 1. The standard InChI is InChI=1S/C14H28N2O/c1-5-12(6-2)14(17)16-8-7-15-13(10-16)9-11(3)4/h11-13,15H,5-10H2,1-4H3. The van der Waals surface area contributed by atoms with Crippen molar-refractivity contribution in [1.82, 2.24) is 10.2 Å². The summed E-state index contributed by atoms with van der Waals surface area (Å²) in [5.41, 5.74) is 0. The third-order valence-corrected chi connectivity index (χ3v) is 3.66. The molecule has 100 valence electrons. The van der Waals surface area contributed by atoms with Crippen LogP contribution in [-0.4, -0.2) is 36.5 Å². The van der Waals surface area contributed by atoms with Crippen LogP contribution in [0.25, 0.3) is 0 Å². The molecule has 0 aromatic heterocycles. The Morgan fingerprint density at radius 3 is 2.53 bits per heavy atom. The van der Waals surface area contributed by atoms with Crippen molar-refractivity contribution < 1.29 is 4.79 Å². The van der Waals surface area contributed by atoms with Crippen LogP contribution in [0, 0.1) is 11.8 Å². The molecule has 3 nitrogen and oxygen atoms in total. The Labute approximate surface area is 106 Å². The molecule has 0 radical (unpaired) electrons. The van der Waals surface area contributed by atoms with Gasteiger partial charge in [-0.1, -0.05) is 27.7 Å². The molecule has 1 fully saturated rings. The van der Waals surface area contributed by atoms with Gasteiger partial charge in [-0.3, -0.25) is 4.79 Å². The van der Waals surface area contributed by atoms with Crippen LogP contribution in [0.3, 0.4) is 0 Å². The normalized spacial score (nSPS) is 21.3. The Hall–Kier alpha value is -0.570. The fourth-order valence-electron chi connectivity index (χ4n) is 2.65. The van der Waals surface area contributed by atoms with Gasteiger partial charge in [0.05, 0.1) is 0 Å². The lowest BCUT2D eigenvalue weighted by molar-refractivity contribution is -0.137. The quantitative estimate of drug-likeness (QED) is 0.799. The van der Waals surface area contributed by atoms with E-state index in [2.05, 4.69) is 37.9 Å². The highest BCUT2D eigenvalue weighted by molar-refractivity contribution is 5.78. The smallest absolute Gasteiger partial charge is 0.225 e. The molecule has 0 aromatic rings. The van der Waals surface area contributed by atoms with Crippen molar-refractivity contribution >= 4 is 5.91 Å². The zero-order valence-electron chi connectivity index (χ0n) is 11.8. The zero-order valence-corrected chi connectivity index (χ0v) is 11.8. The highest BCUT2D eigenvalue weighted by atomic mass is 16.2. The van der Waals surface area contributed by atoms with Crippen molar-refractivity contribution in [2.45, 2.75) is 53.0 Å². The van der Waals surface area contributed by atoms with E-state index in [4.69, 9.17) is 0 Å². The Bertz CT molecular complexity index is 236. The van der Waals surface area contributed by atoms with Crippen LogP contribution < -0.4 is 5.32 Å². The Morgan fingerprint density at radius 2 is 2.00 bits per heavy atom. The number of hydrogen-bond donors (Lipinski definition) is 1. The number of nitrogens with zero attached hydrogens (tertiary/aromatic N) is 1. The average Bonchev–Trinajstić information content (AvgIpc) is 2.30. The molecule has 1 aliphatic heterocycles. The van der Waals surface area contributed by atoms with Crippen LogP contribution in [0.5, 0.6) is 0 Å². The van der Waals surface area contributed by atoms with E-state index in [1.807, 2.05) is 0 Å². The molecule has 1 aliphatic rings. The van der Waals surface area contributed by atoms with Gasteiger partial charge in [-0.2, -0.15) is 0 Å². The SMILES string of the molecule is CCC(CC)C(=O)N1CCNC(CC(C)C)C1. The van der Waals surface area contributed by atoms with E-state index < -0.39 is 0 Å². The molecule has 0 aromatic carbocycles. The first-order valence-electron chi connectivity index (χ1n) is 7.10. The second kappa shape index (κ2) is 7.00. The second-order valence-corrected chi connectivity index (χ2v) is 5.58. The minimum Gasteiger partial charge on any atom is -0.340 e. The van der Waals surface area contributed by atoms with Crippen LogP contribution in [0.1, 0.15) is 47.0 Å². The van der Waals surface area contributed by atoms with Gasteiger partial charge >= 0.3 is 0 Å². The summed E-state index contributed by atoms with van der Waals surface area (Å²) >= 11 is 0. The fourth-order valence-corrected chi connectivity index (χ4v) is 2.65. The first-order valence-corrected chi connectivity index (χ1v) is 7.10. The molecule has 1 saturated heterocycles. The van der Waals surface area contributed by atoms with E-state index in [0.29, 0.717) is 17.9 Å².